The summed E-state index contributed by atoms with van der Waals surface area (Å²) in [4.78, 5) is 36.1. The second kappa shape index (κ2) is 4.77. The van der Waals surface area contributed by atoms with Crippen molar-refractivity contribution in [2.75, 3.05) is 4.90 Å². The molecule has 1 saturated heterocycles. The Labute approximate surface area is 118 Å². The molecule has 0 saturated carbocycles. The molecule has 1 aromatic rings. The molecule has 19 heavy (non-hydrogen) atoms. The molecule has 2 unspecified atom stereocenters. The number of aromatic carboxylic acids is 1. The van der Waals surface area contributed by atoms with E-state index in [2.05, 4.69) is 15.9 Å². The van der Waals surface area contributed by atoms with Gasteiger partial charge in [0, 0.05) is 16.3 Å². The van der Waals surface area contributed by atoms with E-state index in [1.54, 1.807) is 13.8 Å². The van der Waals surface area contributed by atoms with Crippen molar-refractivity contribution >= 4 is 39.4 Å². The number of hydrogen-bond donors (Lipinski definition) is 1. The minimum absolute atomic E-state index is 0.0933. The van der Waals surface area contributed by atoms with Crippen LogP contribution in [0, 0.1) is 11.8 Å². The van der Waals surface area contributed by atoms with Crippen molar-refractivity contribution in [3.63, 3.8) is 0 Å². The van der Waals surface area contributed by atoms with E-state index in [-0.39, 0.29) is 29.2 Å². The minimum Gasteiger partial charge on any atom is -0.478 e. The van der Waals surface area contributed by atoms with Gasteiger partial charge in [-0.25, -0.2) is 9.69 Å². The van der Waals surface area contributed by atoms with Crippen molar-refractivity contribution in [2.45, 2.75) is 13.8 Å². The normalized spacial score (nSPS) is 23.0. The summed E-state index contributed by atoms with van der Waals surface area (Å²) in [6.45, 7) is 3.43. The largest absolute Gasteiger partial charge is 0.478 e. The molecule has 0 spiro atoms. The lowest BCUT2D eigenvalue weighted by atomic mass is 10.00. The lowest BCUT2D eigenvalue weighted by molar-refractivity contribution is -0.122. The summed E-state index contributed by atoms with van der Waals surface area (Å²) in [5.74, 6) is -2.31. The molecule has 1 heterocycles. The van der Waals surface area contributed by atoms with Gasteiger partial charge in [-0.15, -0.1) is 0 Å². The first-order chi connectivity index (χ1) is 8.84. The Balaban J connectivity index is 2.46. The van der Waals surface area contributed by atoms with E-state index in [4.69, 9.17) is 5.11 Å². The van der Waals surface area contributed by atoms with Crippen LogP contribution in [-0.2, 0) is 9.59 Å². The maximum absolute atomic E-state index is 12.1. The Morgan fingerprint density at radius 1 is 1.21 bits per heavy atom. The zero-order valence-electron chi connectivity index (χ0n) is 10.4. The number of benzene rings is 1. The fourth-order valence-corrected chi connectivity index (χ4v) is 2.56. The van der Waals surface area contributed by atoms with Crippen LogP contribution in [-0.4, -0.2) is 22.9 Å². The zero-order chi connectivity index (χ0) is 14.3. The SMILES string of the molecule is CC1C(=O)N(c2ccc(C(=O)O)cc2Br)C(=O)C1C. The van der Waals surface area contributed by atoms with Crippen molar-refractivity contribution in [1.82, 2.24) is 0 Å². The molecule has 0 aromatic heterocycles. The maximum atomic E-state index is 12.1. The van der Waals surface area contributed by atoms with E-state index in [1.807, 2.05) is 0 Å². The standard InChI is InChI=1S/C13H12BrNO4/c1-6-7(2)12(17)15(11(6)16)10-4-3-8(13(18)19)5-9(10)14/h3-7H,1-2H3,(H,18,19). The van der Waals surface area contributed by atoms with Gasteiger partial charge in [0.05, 0.1) is 11.3 Å². The fourth-order valence-electron chi connectivity index (χ4n) is 2.00. The number of nitrogens with zero attached hydrogens (tertiary/aromatic N) is 1. The first kappa shape index (κ1) is 13.7. The number of carbonyl (C=O) groups is 3. The smallest absolute Gasteiger partial charge is 0.335 e. The van der Waals surface area contributed by atoms with Gasteiger partial charge < -0.3 is 5.11 Å². The summed E-state index contributed by atoms with van der Waals surface area (Å²) in [7, 11) is 0. The van der Waals surface area contributed by atoms with Gasteiger partial charge in [0.15, 0.2) is 0 Å². The molecular formula is C13H12BrNO4. The highest BCUT2D eigenvalue weighted by molar-refractivity contribution is 9.10. The highest BCUT2D eigenvalue weighted by Gasteiger charge is 2.43. The summed E-state index contributed by atoms with van der Waals surface area (Å²) in [5.41, 5.74) is 0.479. The summed E-state index contributed by atoms with van der Waals surface area (Å²) in [6.07, 6.45) is 0. The molecule has 5 nitrogen and oxygen atoms in total. The predicted molar refractivity (Wildman–Crippen MR) is 71.9 cm³/mol. The highest BCUT2D eigenvalue weighted by Crippen LogP contribution is 2.35. The molecule has 100 valence electrons. The van der Waals surface area contributed by atoms with Gasteiger partial charge in [0.2, 0.25) is 11.8 Å². The minimum atomic E-state index is -1.06. The number of amides is 2. The molecule has 2 rings (SSSR count). The Morgan fingerprint density at radius 2 is 1.74 bits per heavy atom. The average Bonchev–Trinajstić information content (AvgIpc) is 2.55. The summed E-state index contributed by atoms with van der Waals surface area (Å²) in [5, 5.41) is 8.89. The molecule has 0 aliphatic carbocycles. The van der Waals surface area contributed by atoms with E-state index in [0.29, 0.717) is 10.2 Å². The Bertz CT molecular complexity index is 564. The molecule has 1 aliphatic rings. The topological polar surface area (TPSA) is 74.7 Å². The van der Waals surface area contributed by atoms with Crippen LogP contribution in [0.25, 0.3) is 0 Å². The summed E-state index contributed by atoms with van der Waals surface area (Å²) >= 11 is 3.21. The molecule has 1 N–H and O–H groups in total. The molecule has 0 radical (unpaired) electrons. The van der Waals surface area contributed by atoms with Crippen molar-refractivity contribution in [1.29, 1.82) is 0 Å². The Hall–Kier alpha value is -1.69. The second-order valence-electron chi connectivity index (χ2n) is 4.56. The van der Waals surface area contributed by atoms with E-state index in [1.165, 1.54) is 18.2 Å². The first-order valence-electron chi connectivity index (χ1n) is 5.75. The fraction of sp³-hybridized carbons (Fsp3) is 0.308. The molecule has 0 bridgehead atoms. The first-order valence-corrected chi connectivity index (χ1v) is 6.54. The van der Waals surface area contributed by atoms with E-state index in [0.717, 1.165) is 4.90 Å². The van der Waals surface area contributed by atoms with Crippen LogP contribution in [0.15, 0.2) is 22.7 Å². The quantitative estimate of drug-likeness (QED) is 0.846. The number of imide groups is 1. The number of rotatable bonds is 2. The Kier molecular flexibility index (Phi) is 3.45. The molecule has 1 aliphatic heterocycles. The van der Waals surface area contributed by atoms with Gasteiger partial charge in [-0.05, 0) is 34.1 Å². The third-order valence-electron chi connectivity index (χ3n) is 3.41. The molecule has 6 heteroatoms. The van der Waals surface area contributed by atoms with Crippen molar-refractivity contribution in [3.05, 3.63) is 28.2 Å². The van der Waals surface area contributed by atoms with Gasteiger partial charge in [-0.2, -0.15) is 0 Å². The number of carbonyl (C=O) groups excluding carboxylic acids is 2. The maximum Gasteiger partial charge on any atom is 0.335 e. The summed E-state index contributed by atoms with van der Waals surface area (Å²) in [6, 6.07) is 4.22. The number of carboxylic acids is 1. The van der Waals surface area contributed by atoms with Gasteiger partial charge in [-0.1, -0.05) is 13.8 Å². The second-order valence-corrected chi connectivity index (χ2v) is 5.41. The predicted octanol–water partition coefficient (Wildman–Crippen LogP) is 2.29. The molecule has 2 amide bonds. The average molecular weight is 326 g/mol. The van der Waals surface area contributed by atoms with Crippen LogP contribution in [0.4, 0.5) is 5.69 Å². The summed E-state index contributed by atoms with van der Waals surface area (Å²) < 4.78 is 0.412. The highest BCUT2D eigenvalue weighted by atomic mass is 79.9. The number of carboxylic acid groups (broad SMARTS) is 1. The van der Waals surface area contributed by atoms with Gasteiger partial charge in [0.25, 0.3) is 0 Å². The van der Waals surface area contributed by atoms with Crippen molar-refractivity contribution < 1.29 is 19.5 Å². The molecular weight excluding hydrogens is 314 g/mol. The van der Waals surface area contributed by atoms with Crippen LogP contribution in [0.5, 0.6) is 0 Å². The van der Waals surface area contributed by atoms with Gasteiger partial charge in [0.1, 0.15) is 0 Å². The van der Waals surface area contributed by atoms with Crippen molar-refractivity contribution in [2.24, 2.45) is 11.8 Å². The van der Waals surface area contributed by atoms with Crippen LogP contribution in [0.3, 0.4) is 0 Å². The molecule has 2 atom stereocenters. The van der Waals surface area contributed by atoms with E-state index in [9.17, 15) is 14.4 Å². The van der Waals surface area contributed by atoms with Gasteiger partial charge in [-0.3, -0.25) is 9.59 Å². The van der Waals surface area contributed by atoms with Crippen LogP contribution < -0.4 is 4.90 Å². The zero-order valence-corrected chi connectivity index (χ0v) is 12.0. The lowest BCUT2D eigenvalue weighted by Gasteiger charge is -2.16. The van der Waals surface area contributed by atoms with Crippen LogP contribution in [0.2, 0.25) is 0 Å². The molecule has 1 aromatic carbocycles. The van der Waals surface area contributed by atoms with Crippen molar-refractivity contribution in [3.8, 4) is 0 Å². The third-order valence-corrected chi connectivity index (χ3v) is 4.04. The number of hydrogen-bond acceptors (Lipinski definition) is 3. The van der Waals surface area contributed by atoms with Crippen LogP contribution >= 0.6 is 15.9 Å². The lowest BCUT2D eigenvalue weighted by Crippen LogP contribution is -2.31. The van der Waals surface area contributed by atoms with E-state index < -0.39 is 5.97 Å². The Morgan fingerprint density at radius 3 is 2.16 bits per heavy atom. The molecule has 1 fully saturated rings. The number of anilines is 1. The van der Waals surface area contributed by atoms with Gasteiger partial charge >= 0.3 is 5.97 Å². The third kappa shape index (κ3) is 2.16. The monoisotopic (exact) mass is 325 g/mol. The van der Waals surface area contributed by atoms with E-state index >= 15 is 0 Å². The number of halogens is 1. The van der Waals surface area contributed by atoms with Crippen LogP contribution in [0.1, 0.15) is 24.2 Å².